The van der Waals surface area contributed by atoms with E-state index in [1.165, 1.54) is 11.0 Å². The van der Waals surface area contributed by atoms with Crippen LogP contribution in [0, 0.1) is 22.0 Å². The van der Waals surface area contributed by atoms with Crippen LogP contribution in [0.15, 0.2) is 24.3 Å². The van der Waals surface area contributed by atoms with Gasteiger partial charge in [-0.1, -0.05) is 12.1 Å². The summed E-state index contributed by atoms with van der Waals surface area (Å²) in [6.07, 6.45) is 1.31. The monoisotopic (exact) mass is 365 g/mol. The van der Waals surface area contributed by atoms with Crippen molar-refractivity contribution in [1.29, 1.82) is 0 Å². The smallest absolute Gasteiger partial charge is 0.308 e. The number of carbonyl (C=O) groups excluding carboxylic acids is 1. The third-order valence-electron chi connectivity index (χ3n) is 4.54. The first-order chi connectivity index (χ1) is 12.4. The number of nitro groups is 1. The number of para-hydroxylation sites is 2. The summed E-state index contributed by atoms with van der Waals surface area (Å²) in [5, 5.41) is 23.1. The highest BCUT2D eigenvalue weighted by atomic mass is 16.6. The number of anilines is 1. The number of likely N-dealkylation sites (N-methyl/N-ethyl adjacent to an activating group) is 1. The molecule has 0 aliphatic carbocycles. The lowest BCUT2D eigenvalue weighted by Gasteiger charge is -2.28. The number of nitrogens with one attached hydrogen (secondary N) is 1. The zero-order valence-electron chi connectivity index (χ0n) is 14.6. The second-order valence-corrected chi connectivity index (χ2v) is 6.30. The van der Waals surface area contributed by atoms with Crippen LogP contribution in [0.1, 0.15) is 12.8 Å². The SMILES string of the molecule is CN(CC(=O)NCC(C(=O)O)C1CCOCC1)c1ccccc1[N+](=O)[O-]. The number of benzene rings is 1. The van der Waals surface area contributed by atoms with Gasteiger partial charge in [0.25, 0.3) is 5.69 Å². The minimum atomic E-state index is -0.941. The van der Waals surface area contributed by atoms with Gasteiger partial charge in [-0.15, -0.1) is 0 Å². The number of nitrogens with zero attached hydrogens (tertiary/aromatic N) is 2. The number of rotatable bonds is 8. The van der Waals surface area contributed by atoms with Crippen molar-refractivity contribution in [2.24, 2.45) is 11.8 Å². The third kappa shape index (κ3) is 5.16. The van der Waals surface area contributed by atoms with Crippen molar-refractivity contribution in [3.05, 3.63) is 34.4 Å². The van der Waals surface area contributed by atoms with E-state index in [1.807, 2.05) is 0 Å². The highest BCUT2D eigenvalue weighted by Crippen LogP contribution is 2.26. The van der Waals surface area contributed by atoms with Crippen molar-refractivity contribution < 1.29 is 24.4 Å². The number of carboxylic acids is 1. The lowest BCUT2D eigenvalue weighted by Crippen LogP contribution is -2.42. The Hall–Kier alpha value is -2.68. The summed E-state index contributed by atoms with van der Waals surface area (Å²) in [7, 11) is 1.58. The molecular formula is C17H23N3O6. The number of amides is 1. The van der Waals surface area contributed by atoms with Crippen LogP contribution in [-0.4, -0.2) is 55.3 Å². The van der Waals surface area contributed by atoms with Gasteiger partial charge in [0.05, 0.1) is 17.4 Å². The Morgan fingerprint density at radius 1 is 1.38 bits per heavy atom. The summed E-state index contributed by atoms with van der Waals surface area (Å²) in [4.78, 5) is 35.7. The molecule has 26 heavy (non-hydrogen) atoms. The van der Waals surface area contributed by atoms with Gasteiger partial charge in [-0.2, -0.15) is 0 Å². The van der Waals surface area contributed by atoms with Gasteiger partial charge in [0.1, 0.15) is 5.69 Å². The molecule has 2 rings (SSSR count). The van der Waals surface area contributed by atoms with Crippen LogP contribution in [0.5, 0.6) is 0 Å². The molecule has 1 amide bonds. The third-order valence-corrected chi connectivity index (χ3v) is 4.54. The first kappa shape index (κ1) is 19.6. The van der Waals surface area contributed by atoms with E-state index >= 15 is 0 Å². The molecule has 1 aliphatic heterocycles. The predicted octanol–water partition coefficient (Wildman–Crippen LogP) is 1.27. The molecule has 1 atom stereocenters. The van der Waals surface area contributed by atoms with Gasteiger partial charge in [-0.05, 0) is 24.8 Å². The normalized spacial score (nSPS) is 15.9. The van der Waals surface area contributed by atoms with Crippen molar-refractivity contribution in [2.75, 3.05) is 38.3 Å². The molecule has 0 spiro atoms. The molecule has 1 unspecified atom stereocenters. The van der Waals surface area contributed by atoms with E-state index < -0.39 is 16.8 Å². The molecule has 0 bridgehead atoms. The van der Waals surface area contributed by atoms with Crippen LogP contribution in [0.4, 0.5) is 11.4 Å². The first-order valence-corrected chi connectivity index (χ1v) is 8.42. The highest BCUT2D eigenvalue weighted by Gasteiger charge is 2.30. The van der Waals surface area contributed by atoms with Crippen molar-refractivity contribution >= 4 is 23.3 Å². The van der Waals surface area contributed by atoms with Gasteiger partial charge in [-0.3, -0.25) is 19.7 Å². The molecule has 1 fully saturated rings. The van der Waals surface area contributed by atoms with E-state index in [-0.39, 0.29) is 30.6 Å². The molecule has 0 saturated carbocycles. The molecule has 1 aromatic carbocycles. The molecule has 9 nitrogen and oxygen atoms in total. The van der Waals surface area contributed by atoms with Crippen molar-refractivity contribution in [3.8, 4) is 0 Å². The average Bonchev–Trinajstić information content (AvgIpc) is 2.62. The number of hydrogen-bond donors (Lipinski definition) is 2. The van der Waals surface area contributed by atoms with Crippen LogP contribution in [0.25, 0.3) is 0 Å². The fraction of sp³-hybridized carbons (Fsp3) is 0.529. The van der Waals surface area contributed by atoms with E-state index in [2.05, 4.69) is 5.32 Å². The maximum absolute atomic E-state index is 12.2. The second-order valence-electron chi connectivity index (χ2n) is 6.30. The number of hydrogen-bond acceptors (Lipinski definition) is 6. The molecule has 1 aliphatic rings. The van der Waals surface area contributed by atoms with E-state index in [9.17, 15) is 24.8 Å². The van der Waals surface area contributed by atoms with E-state index in [1.54, 1.807) is 25.2 Å². The van der Waals surface area contributed by atoms with Gasteiger partial charge in [0.2, 0.25) is 5.91 Å². The molecule has 1 saturated heterocycles. The van der Waals surface area contributed by atoms with Crippen molar-refractivity contribution in [3.63, 3.8) is 0 Å². The summed E-state index contributed by atoms with van der Waals surface area (Å²) in [6, 6.07) is 6.14. The van der Waals surface area contributed by atoms with Crippen LogP contribution in [0.2, 0.25) is 0 Å². The predicted molar refractivity (Wildman–Crippen MR) is 94.0 cm³/mol. The van der Waals surface area contributed by atoms with E-state index in [0.29, 0.717) is 31.7 Å². The van der Waals surface area contributed by atoms with Gasteiger partial charge in [-0.25, -0.2) is 0 Å². The largest absolute Gasteiger partial charge is 0.481 e. The zero-order chi connectivity index (χ0) is 19.1. The lowest BCUT2D eigenvalue weighted by molar-refractivity contribution is -0.384. The van der Waals surface area contributed by atoms with Crippen LogP contribution in [-0.2, 0) is 14.3 Å². The highest BCUT2D eigenvalue weighted by molar-refractivity contribution is 5.83. The summed E-state index contributed by atoms with van der Waals surface area (Å²) in [5.41, 5.74) is 0.236. The lowest BCUT2D eigenvalue weighted by atomic mass is 9.86. The Morgan fingerprint density at radius 2 is 2.04 bits per heavy atom. The fourth-order valence-electron chi connectivity index (χ4n) is 3.10. The second kappa shape index (κ2) is 9.14. The Morgan fingerprint density at radius 3 is 2.65 bits per heavy atom. The maximum Gasteiger partial charge on any atom is 0.308 e. The Kier molecular flexibility index (Phi) is 6.90. The summed E-state index contributed by atoms with van der Waals surface area (Å²) >= 11 is 0. The Balaban J connectivity index is 1.93. The fourth-order valence-corrected chi connectivity index (χ4v) is 3.10. The van der Waals surface area contributed by atoms with Crippen molar-refractivity contribution in [1.82, 2.24) is 5.32 Å². The summed E-state index contributed by atoms with van der Waals surface area (Å²) in [5.74, 6) is -2.03. The number of ether oxygens (including phenoxy) is 1. The maximum atomic E-state index is 12.2. The molecule has 2 N–H and O–H groups in total. The Labute approximate surface area is 151 Å². The van der Waals surface area contributed by atoms with E-state index in [0.717, 1.165) is 0 Å². The zero-order valence-corrected chi connectivity index (χ0v) is 14.6. The molecule has 1 aromatic rings. The molecular weight excluding hydrogens is 342 g/mol. The molecule has 0 radical (unpaired) electrons. The van der Waals surface area contributed by atoms with Gasteiger partial charge < -0.3 is 20.1 Å². The van der Waals surface area contributed by atoms with E-state index in [4.69, 9.17) is 4.74 Å². The minimum absolute atomic E-state index is 0.0313. The molecule has 1 heterocycles. The average molecular weight is 365 g/mol. The van der Waals surface area contributed by atoms with Gasteiger partial charge in [0.15, 0.2) is 0 Å². The minimum Gasteiger partial charge on any atom is -0.481 e. The number of carbonyl (C=O) groups is 2. The summed E-state index contributed by atoms with van der Waals surface area (Å²) in [6.45, 7) is 0.986. The first-order valence-electron chi connectivity index (χ1n) is 8.42. The quantitative estimate of drug-likeness (QED) is 0.525. The van der Waals surface area contributed by atoms with Gasteiger partial charge in [0, 0.05) is 32.9 Å². The van der Waals surface area contributed by atoms with Crippen LogP contribution in [0.3, 0.4) is 0 Å². The number of aliphatic carboxylic acids is 1. The van der Waals surface area contributed by atoms with Crippen LogP contribution >= 0.6 is 0 Å². The van der Waals surface area contributed by atoms with Crippen LogP contribution < -0.4 is 10.2 Å². The van der Waals surface area contributed by atoms with Crippen molar-refractivity contribution in [2.45, 2.75) is 12.8 Å². The molecule has 0 aromatic heterocycles. The molecule has 9 heteroatoms. The molecule has 142 valence electrons. The summed E-state index contributed by atoms with van der Waals surface area (Å²) < 4.78 is 5.25. The standard InChI is InChI=1S/C17H23N3O6/c1-19(14-4-2-3-5-15(14)20(24)25)11-16(21)18-10-13(17(22)23)12-6-8-26-9-7-12/h2-5,12-13H,6-11H2,1H3,(H,18,21)(H,22,23). The topological polar surface area (TPSA) is 122 Å². The number of carboxylic acid groups (broad SMARTS) is 1. The van der Waals surface area contributed by atoms with Gasteiger partial charge >= 0.3 is 5.97 Å². The Bertz CT molecular complexity index is 660. The number of nitro benzene ring substituents is 1.